The molecule has 0 saturated carbocycles. The van der Waals surface area contributed by atoms with Gasteiger partial charge in [0, 0.05) is 18.7 Å². The molecule has 2 heterocycles. The second-order valence-electron chi connectivity index (χ2n) is 3.84. The van der Waals surface area contributed by atoms with Crippen LogP contribution in [-0.4, -0.2) is 14.9 Å². The number of anilines is 1. The molecule has 1 aliphatic rings. The zero-order valence-electron chi connectivity index (χ0n) is 8.64. The molecule has 0 radical (unpaired) electrons. The molecule has 6 nitrogen and oxygen atoms in total. The van der Waals surface area contributed by atoms with Crippen molar-refractivity contribution in [3.05, 3.63) is 29.3 Å². The molecule has 82 valence electrons. The van der Waals surface area contributed by atoms with Gasteiger partial charge in [-0.2, -0.15) is 0 Å². The first-order valence-electron chi connectivity index (χ1n) is 5.04. The fourth-order valence-electron chi connectivity index (χ4n) is 1.93. The Kier molecular flexibility index (Phi) is 1.84. The topological polar surface area (TPSA) is 94.8 Å². The van der Waals surface area contributed by atoms with Crippen molar-refractivity contribution >= 4 is 5.95 Å². The van der Waals surface area contributed by atoms with Gasteiger partial charge in [0.25, 0.3) is 0 Å². The molecule has 0 unspecified atom stereocenters. The zero-order valence-corrected chi connectivity index (χ0v) is 8.64. The van der Waals surface area contributed by atoms with Crippen LogP contribution in [0.25, 0.3) is 11.4 Å². The first kappa shape index (κ1) is 9.17. The predicted octanol–water partition coefficient (Wildman–Crippen LogP) is -0.156. The van der Waals surface area contributed by atoms with E-state index in [1.807, 2.05) is 6.07 Å². The van der Waals surface area contributed by atoms with E-state index in [9.17, 15) is 0 Å². The quantitative estimate of drug-likeness (QED) is 0.576. The fraction of sp³-hybridized carbons (Fsp3) is 0.200. The highest BCUT2D eigenvalue weighted by Gasteiger charge is 2.14. The third-order valence-corrected chi connectivity index (χ3v) is 2.82. The van der Waals surface area contributed by atoms with Gasteiger partial charge in [-0.25, -0.2) is 4.68 Å². The van der Waals surface area contributed by atoms with E-state index >= 15 is 0 Å². The number of nitrogens with zero attached hydrogens (tertiary/aromatic N) is 3. The lowest BCUT2D eigenvalue weighted by molar-refractivity contribution is 0.765. The highest BCUT2D eigenvalue weighted by Crippen LogP contribution is 2.23. The molecule has 0 saturated heterocycles. The smallest absolute Gasteiger partial charge is 0.241 e. The van der Waals surface area contributed by atoms with E-state index in [1.54, 1.807) is 0 Å². The number of hydrogen-bond acceptors (Lipinski definition) is 5. The molecule has 16 heavy (non-hydrogen) atoms. The highest BCUT2D eigenvalue weighted by atomic mass is 15.4. The molecule has 1 aliphatic heterocycles. The van der Waals surface area contributed by atoms with E-state index in [0.717, 1.165) is 18.7 Å². The van der Waals surface area contributed by atoms with Crippen molar-refractivity contribution in [3.63, 3.8) is 0 Å². The second kappa shape index (κ2) is 3.21. The van der Waals surface area contributed by atoms with Crippen molar-refractivity contribution in [2.45, 2.75) is 13.1 Å². The zero-order chi connectivity index (χ0) is 11.1. The maximum atomic E-state index is 5.73. The number of hydrogen-bond donors (Lipinski definition) is 3. The van der Waals surface area contributed by atoms with Gasteiger partial charge in [0.1, 0.15) is 0 Å². The van der Waals surface area contributed by atoms with E-state index in [4.69, 9.17) is 11.6 Å². The van der Waals surface area contributed by atoms with Gasteiger partial charge in [0.15, 0.2) is 5.82 Å². The second-order valence-corrected chi connectivity index (χ2v) is 3.84. The number of nitrogens with one attached hydrogen (secondary N) is 1. The van der Waals surface area contributed by atoms with Crippen LogP contribution in [0.3, 0.4) is 0 Å². The molecule has 3 rings (SSSR count). The van der Waals surface area contributed by atoms with Crippen molar-refractivity contribution in [1.29, 1.82) is 0 Å². The van der Waals surface area contributed by atoms with E-state index in [-0.39, 0.29) is 5.95 Å². The van der Waals surface area contributed by atoms with Gasteiger partial charge in [-0.3, -0.25) is 0 Å². The SMILES string of the molecule is Nc1nnc(-c2ccc3c(c2)CNC3)n1N. The Morgan fingerprint density at radius 1 is 1.19 bits per heavy atom. The van der Waals surface area contributed by atoms with Crippen LogP contribution in [0.5, 0.6) is 0 Å². The maximum Gasteiger partial charge on any atom is 0.241 e. The Morgan fingerprint density at radius 2 is 2.00 bits per heavy atom. The molecule has 1 aromatic carbocycles. The molecular formula is C10H12N6. The lowest BCUT2D eigenvalue weighted by Crippen LogP contribution is -2.13. The van der Waals surface area contributed by atoms with Crippen molar-refractivity contribution in [2.75, 3.05) is 11.6 Å². The number of rotatable bonds is 1. The molecule has 5 N–H and O–H groups in total. The molecular weight excluding hydrogens is 204 g/mol. The minimum Gasteiger partial charge on any atom is -0.366 e. The maximum absolute atomic E-state index is 5.73. The normalized spacial score (nSPS) is 14.0. The van der Waals surface area contributed by atoms with Crippen LogP contribution in [0, 0.1) is 0 Å². The number of fused-ring (bicyclic) bond motifs is 1. The van der Waals surface area contributed by atoms with Crippen LogP contribution >= 0.6 is 0 Å². The number of benzene rings is 1. The van der Waals surface area contributed by atoms with Crippen molar-refractivity contribution in [1.82, 2.24) is 20.2 Å². The van der Waals surface area contributed by atoms with Gasteiger partial charge in [0.05, 0.1) is 0 Å². The van der Waals surface area contributed by atoms with Crippen LogP contribution in [0.15, 0.2) is 18.2 Å². The standard InChI is InChI=1S/C10H12N6/c11-10-15-14-9(16(10)12)6-1-2-7-4-13-5-8(7)3-6/h1-3,13H,4-5,12H2,(H2,11,15). The lowest BCUT2D eigenvalue weighted by Gasteiger charge is -2.03. The molecule has 0 atom stereocenters. The summed E-state index contributed by atoms with van der Waals surface area (Å²) in [5, 5.41) is 11.0. The summed E-state index contributed by atoms with van der Waals surface area (Å²) in [6.45, 7) is 1.81. The first-order chi connectivity index (χ1) is 7.75. The minimum atomic E-state index is 0.216. The summed E-state index contributed by atoms with van der Waals surface area (Å²) in [4.78, 5) is 0. The Hall–Kier alpha value is -2.08. The van der Waals surface area contributed by atoms with E-state index < -0.39 is 0 Å². The van der Waals surface area contributed by atoms with Crippen molar-refractivity contribution < 1.29 is 0 Å². The van der Waals surface area contributed by atoms with E-state index in [2.05, 4.69) is 27.6 Å². The summed E-state index contributed by atoms with van der Waals surface area (Å²) in [7, 11) is 0. The average molecular weight is 216 g/mol. The summed E-state index contributed by atoms with van der Waals surface area (Å²) in [5.74, 6) is 6.54. The molecule has 1 aromatic heterocycles. The summed E-state index contributed by atoms with van der Waals surface area (Å²) in [6, 6.07) is 6.14. The van der Waals surface area contributed by atoms with Gasteiger partial charge < -0.3 is 16.9 Å². The van der Waals surface area contributed by atoms with E-state index in [0.29, 0.717) is 5.82 Å². The van der Waals surface area contributed by atoms with Crippen molar-refractivity contribution in [3.8, 4) is 11.4 Å². The van der Waals surface area contributed by atoms with Gasteiger partial charge >= 0.3 is 0 Å². The Balaban J connectivity index is 2.10. The minimum absolute atomic E-state index is 0.216. The molecule has 0 aliphatic carbocycles. The third-order valence-electron chi connectivity index (χ3n) is 2.82. The van der Waals surface area contributed by atoms with Gasteiger partial charge in [-0.15, -0.1) is 10.2 Å². The number of nitrogens with two attached hydrogens (primary N) is 2. The van der Waals surface area contributed by atoms with Crippen LogP contribution in [0.2, 0.25) is 0 Å². The van der Waals surface area contributed by atoms with E-state index in [1.165, 1.54) is 15.8 Å². The molecule has 0 fully saturated rings. The monoisotopic (exact) mass is 216 g/mol. The van der Waals surface area contributed by atoms with Crippen LogP contribution in [0.4, 0.5) is 5.95 Å². The summed E-state index contributed by atoms with van der Waals surface area (Å²) in [6.07, 6.45) is 0. The highest BCUT2D eigenvalue weighted by molar-refractivity contribution is 5.59. The fourth-order valence-corrected chi connectivity index (χ4v) is 1.93. The Labute approximate surface area is 92.2 Å². The van der Waals surface area contributed by atoms with Crippen LogP contribution < -0.4 is 16.9 Å². The summed E-state index contributed by atoms with van der Waals surface area (Å²) >= 11 is 0. The van der Waals surface area contributed by atoms with Crippen LogP contribution in [-0.2, 0) is 13.1 Å². The third kappa shape index (κ3) is 1.24. The van der Waals surface area contributed by atoms with Gasteiger partial charge in [-0.05, 0) is 17.2 Å². The number of aromatic nitrogens is 3. The van der Waals surface area contributed by atoms with Gasteiger partial charge in [-0.1, -0.05) is 12.1 Å². The molecule has 0 spiro atoms. The Morgan fingerprint density at radius 3 is 2.75 bits per heavy atom. The largest absolute Gasteiger partial charge is 0.366 e. The van der Waals surface area contributed by atoms with Crippen molar-refractivity contribution in [2.24, 2.45) is 0 Å². The number of nitrogen functional groups attached to an aromatic ring is 2. The average Bonchev–Trinajstić information content (AvgIpc) is 2.86. The van der Waals surface area contributed by atoms with Crippen LogP contribution in [0.1, 0.15) is 11.1 Å². The summed E-state index contributed by atoms with van der Waals surface area (Å²) < 4.78 is 1.30. The predicted molar refractivity (Wildman–Crippen MR) is 60.6 cm³/mol. The molecule has 0 bridgehead atoms. The Bertz CT molecular complexity index is 544. The summed E-state index contributed by atoms with van der Waals surface area (Å²) in [5.41, 5.74) is 9.08. The first-order valence-corrected chi connectivity index (χ1v) is 5.04. The molecule has 2 aromatic rings. The van der Waals surface area contributed by atoms with Gasteiger partial charge in [0.2, 0.25) is 5.95 Å². The molecule has 6 heteroatoms. The lowest BCUT2D eigenvalue weighted by atomic mass is 10.1. The molecule has 0 amide bonds.